The van der Waals surface area contributed by atoms with Gasteiger partial charge < -0.3 is 0 Å². The normalized spacial score (nSPS) is 15.0. The monoisotopic (exact) mass is 453 g/mol. The highest BCUT2D eigenvalue weighted by Crippen LogP contribution is 2.41. The Labute approximate surface area is 207 Å². The van der Waals surface area contributed by atoms with Crippen LogP contribution >= 0.6 is 0 Å². The molecule has 2 aromatic heterocycles. The van der Waals surface area contributed by atoms with E-state index in [4.69, 9.17) is 4.98 Å². The van der Waals surface area contributed by atoms with Gasteiger partial charge in [0.25, 0.3) is 0 Å². The van der Waals surface area contributed by atoms with Gasteiger partial charge in [0.2, 0.25) is 5.69 Å². The number of aryl methyl sites for hydroxylation is 2. The first-order valence-corrected chi connectivity index (χ1v) is 12.4. The molecule has 2 heterocycles. The van der Waals surface area contributed by atoms with Crippen LogP contribution in [0.1, 0.15) is 29.0 Å². The van der Waals surface area contributed by atoms with Crippen molar-refractivity contribution in [1.29, 1.82) is 0 Å². The Morgan fingerprint density at radius 2 is 1.54 bits per heavy atom. The van der Waals surface area contributed by atoms with Gasteiger partial charge in [0.05, 0.1) is 5.69 Å². The Balaban J connectivity index is 1.33. The Bertz CT molecular complexity index is 1570. The van der Waals surface area contributed by atoms with Gasteiger partial charge in [-0.15, -0.1) is 0 Å². The van der Waals surface area contributed by atoms with Crippen molar-refractivity contribution in [3.05, 3.63) is 132 Å². The van der Waals surface area contributed by atoms with Gasteiger partial charge in [0.1, 0.15) is 0 Å². The Hall–Kier alpha value is -4.04. The van der Waals surface area contributed by atoms with Crippen LogP contribution in [0.3, 0.4) is 0 Å². The number of hydrogen-bond acceptors (Lipinski definition) is 1. The molecule has 0 spiro atoms. The highest BCUT2D eigenvalue weighted by Gasteiger charge is 2.27. The molecule has 1 unspecified atom stereocenters. The predicted molar refractivity (Wildman–Crippen MR) is 144 cm³/mol. The fraction of sp³-hybridized carbons (Fsp3) is 0.152. The zero-order valence-corrected chi connectivity index (χ0v) is 20.3. The summed E-state index contributed by atoms with van der Waals surface area (Å²) in [7, 11) is 0. The minimum atomic E-state index is 0.425. The highest BCUT2D eigenvalue weighted by molar-refractivity contribution is 5.95. The first-order valence-electron chi connectivity index (χ1n) is 12.4. The molecule has 1 aliphatic carbocycles. The van der Waals surface area contributed by atoms with Crippen LogP contribution in [0.5, 0.6) is 0 Å². The summed E-state index contributed by atoms with van der Waals surface area (Å²) in [6.45, 7) is 5.29. The van der Waals surface area contributed by atoms with Crippen molar-refractivity contribution in [2.24, 2.45) is 0 Å². The molecular weight excluding hydrogens is 424 g/mol. The van der Waals surface area contributed by atoms with Crippen LogP contribution in [0.4, 0.5) is 0 Å². The maximum atomic E-state index is 4.80. The molecule has 35 heavy (non-hydrogen) atoms. The predicted octanol–water partition coefficient (Wildman–Crippen LogP) is 7.59. The van der Waals surface area contributed by atoms with E-state index in [1.54, 1.807) is 0 Å². The summed E-state index contributed by atoms with van der Waals surface area (Å²) in [6, 6.07) is 32.5. The van der Waals surface area contributed by atoms with E-state index in [-0.39, 0.29) is 0 Å². The van der Waals surface area contributed by atoms with Crippen LogP contribution in [0.15, 0.2) is 115 Å². The molecule has 0 amide bonds. The quantitative estimate of drug-likeness (QED) is 0.198. The Morgan fingerprint density at radius 3 is 2.40 bits per heavy atom. The summed E-state index contributed by atoms with van der Waals surface area (Å²) in [5.41, 5.74) is 10.3. The van der Waals surface area contributed by atoms with Crippen molar-refractivity contribution < 1.29 is 4.57 Å². The van der Waals surface area contributed by atoms with Gasteiger partial charge in [-0.25, -0.2) is 0 Å². The fourth-order valence-electron chi connectivity index (χ4n) is 5.34. The number of benzene rings is 3. The molecule has 170 valence electrons. The van der Waals surface area contributed by atoms with Crippen molar-refractivity contribution >= 4 is 10.8 Å². The van der Waals surface area contributed by atoms with Crippen LogP contribution in [-0.2, 0) is 6.54 Å². The van der Waals surface area contributed by atoms with Gasteiger partial charge in [-0.2, -0.15) is 4.57 Å². The standard InChI is InChI=1S/C33H29N2/c1-23-15-16-32(28-11-5-3-9-24(28)2)35(21-23)22-25-19-27(20-25)29-12-7-8-14-31(29)33-30-13-6-4-10-26(30)17-18-34-33/h3-19,21,27H,20,22H2,1-2H3/q+1. The average molecular weight is 454 g/mol. The molecule has 0 bridgehead atoms. The molecule has 2 nitrogen and oxygen atoms in total. The van der Waals surface area contributed by atoms with Gasteiger partial charge in [-0.3, -0.25) is 4.98 Å². The number of fused-ring (bicyclic) bond motifs is 1. The minimum absolute atomic E-state index is 0.425. The molecule has 2 heteroatoms. The third-order valence-electron chi connectivity index (χ3n) is 7.18. The molecule has 0 N–H and O–H groups in total. The van der Waals surface area contributed by atoms with Crippen molar-refractivity contribution in [1.82, 2.24) is 4.98 Å². The van der Waals surface area contributed by atoms with Crippen molar-refractivity contribution in [3.8, 4) is 22.5 Å². The van der Waals surface area contributed by atoms with Gasteiger partial charge in [-0.1, -0.05) is 72.8 Å². The minimum Gasteiger partial charge on any atom is -0.256 e. The summed E-state index contributed by atoms with van der Waals surface area (Å²) >= 11 is 0. The van der Waals surface area contributed by atoms with E-state index < -0.39 is 0 Å². The van der Waals surface area contributed by atoms with Crippen molar-refractivity contribution in [2.75, 3.05) is 0 Å². The SMILES string of the molecule is Cc1ccc(-c2ccccc2C)[n+](CC2=CC(c3ccccc3-c3nccc4ccccc34)C2)c1. The number of pyridine rings is 2. The third-order valence-corrected chi connectivity index (χ3v) is 7.18. The Morgan fingerprint density at radius 1 is 0.800 bits per heavy atom. The second-order valence-electron chi connectivity index (χ2n) is 9.64. The van der Waals surface area contributed by atoms with E-state index in [0.717, 1.165) is 18.7 Å². The van der Waals surface area contributed by atoms with Crippen LogP contribution in [0.25, 0.3) is 33.3 Å². The molecule has 5 aromatic rings. The lowest BCUT2D eigenvalue weighted by Crippen LogP contribution is -2.39. The second kappa shape index (κ2) is 8.96. The number of rotatable bonds is 5. The number of nitrogens with zero attached hydrogens (tertiary/aromatic N) is 2. The molecule has 0 saturated heterocycles. The second-order valence-corrected chi connectivity index (χ2v) is 9.64. The first kappa shape index (κ1) is 21.5. The van der Waals surface area contributed by atoms with Crippen LogP contribution in [0.2, 0.25) is 0 Å². The largest absolute Gasteiger partial charge is 0.256 e. The van der Waals surface area contributed by atoms with E-state index in [1.165, 1.54) is 49.9 Å². The summed E-state index contributed by atoms with van der Waals surface area (Å²) in [6.07, 6.45) is 7.75. The summed E-state index contributed by atoms with van der Waals surface area (Å²) in [5, 5.41) is 2.45. The third kappa shape index (κ3) is 4.06. The molecular formula is C33H29N2+. The smallest absolute Gasteiger partial charge is 0.213 e. The first-order chi connectivity index (χ1) is 17.2. The molecule has 6 rings (SSSR count). The van der Waals surface area contributed by atoms with Gasteiger partial charge in [0.15, 0.2) is 12.7 Å². The highest BCUT2D eigenvalue weighted by atomic mass is 15.0. The summed E-state index contributed by atoms with van der Waals surface area (Å²) in [5.74, 6) is 0.425. The number of allylic oxidation sites excluding steroid dienone is 2. The molecule has 0 radical (unpaired) electrons. The van der Waals surface area contributed by atoms with E-state index in [2.05, 4.69) is 122 Å². The average Bonchev–Trinajstić information content (AvgIpc) is 2.86. The molecule has 3 aromatic carbocycles. The van der Waals surface area contributed by atoms with Crippen LogP contribution < -0.4 is 4.57 Å². The Kier molecular flexibility index (Phi) is 5.50. The number of aromatic nitrogens is 2. The van der Waals surface area contributed by atoms with E-state index in [1.807, 2.05) is 6.20 Å². The topological polar surface area (TPSA) is 16.8 Å². The zero-order chi connectivity index (χ0) is 23.8. The van der Waals surface area contributed by atoms with Crippen molar-refractivity contribution in [3.63, 3.8) is 0 Å². The number of hydrogen-bond donors (Lipinski definition) is 0. The van der Waals surface area contributed by atoms with Gasteiger partial charge in [-0.05, 0) is 60.6 Å². The molecule has 0 saturated carbocycles. The summed E-state index contributed by atoms with van der Waals surface area (Å²) < 4.78 is 2.41. The van der Waals surface area contributed by atoms with Crippen molar-refractivity contribution in [2.45, 2.75) is 32.7 Å². The van der Waals surface area contributed by atoms with E-state index in [0.29, 0.717) is 5.92 Å². The maximum Gasteiger partial charge on any atom is 0.213 e. The van der Waals surface area contributed by atoms with Crippen LogP contribution in [-0.4, -0.2) is 4.98 Å². The lowest BCUT2D eigenvalue weighted by Gasteiger charge is -2.27. The van der Waals surface area contributed by atoms with Gasteiger partial charge >= 0.3 is 0 Å². The zero-order valence-electron chi connectivity index (χ0n) is 20.3. The maximum absolute atomic E-state index is 4.80. The lowest BCUT2D eigenvalue weighted by atomic mass is 9.78. The van der Waals surface area contributed by atoms with Gasteiger partial charge in [0, 0.05) is 40.3 Å². The lowest BCUT2D eigenvalue weighted by molar-refractivity contribution is -0.679. The van der Waals surface area contributed by atoms with Crippen LogP contribution in [0, 0.1) is 13.8 Å². The molecule has 1 atom stereocenters. The molecule has 0 fully saturated rings. The van der Waals surface area contributed by atoms with E-state index >= 15 is 0 Å². The van der Waals surface area contributed by atoms with E-state index in [9.17, 15) is 0 Å². The fourth-order valence-corrected chi connectivity index (χ4v) is 5.34. The molecule has 1 aliphatic rings. The summed E-state index contributed by atoms with van der Waals surface area (Å²) in [4.78, 5) is 4.80. The molecule has 0 aliphatic heterocycles.